The highest BCUT2D eigenvalue weighted by Crippen LogP contribution is 2.30. The lowest BCUT2D eigenvalue weighted by atomic mass is 10.1. The minimum atomic E-state index is 0.526. The van der Waals surface area contributed by atoms with Crippen LogP contribution >= 0.6 is 11.3 Å². The molecule has 3 nitrogen and oxygen atoms in total. The number of ether oxygens (including phenoxy) is 1. The van der Waals surface area contributed by atoms with E-state index >= 15 is 0 Å². The molecule has 0 aliphatic rings. The molecule has 0 unspecified atom stereocenters. The Morgan fingerprint density at radius 3 is 2.50 bits per heavy atom. The molecule has 0 aliphatic carbocycles. The van der Waals surface area contributed by atoms with Gasteiger partial charge in [0.25, 0.3) is 0 Å². The van der Waals surface area contributed by atoms with E-state index in [1.165, 1.54) is 11.3 Å². The molecule has 3 rings (SSSR count). The maximum absolute atomic E-state index is 5.81. The van der Waals surface area contributed by atoms with Gasteiger partial charge in [-0.05, 0) is 23.3 Å². The van der Waals surface area contributed by atoms with Crippen molar-refractivity contribution in [3.8, 4) is 16.2 Å². The molecule has 0 bridgehead atoms. The Kier molecular flexibility index (Phi) is 3.65. The molecule has 0 saturated carbocycles. The molecule has 0 radical (unpaired) electrons. The van der Waals surface area contributed by atoms with Gasteiger partial charge in [-0.2, -0.15) is 0 Å². The fourth-order valence-electron chi connectivity index (χ4n) is 1.98. The van der Waals surface area contributed by atoms with Crippen molar-refractivity contribution in [3.63, 3.8) is 0 Å². The molecule has 1 aromatic heterocycles. The number of nitrogen functional groups attached to an aromatic ring is 1. The molecule has 0 amide bonds. The summed E-state index contributed by atoms with van der Waals surface area (Å²) >= 11 is 1.49. The van der Waals surface area contributed by atoms with E-state index in [-0.39, 0.29) is 0 Å². The second-order valence-corrected chi connectivity index (χ2v) is 5.38. The van der Waals surface area contributed by atoms with Crippen LogP contribution < -0.4 is 10.5 Å². The number of hydrogen-bond donors (Lipinski definition) is 1. The number of nitrogens with two attached hydrogens (primary N) is 1. The van der Waals surface area contributed by atoms with Crippen LogP contribution in [0.3, 0.4) is 0 Å². The largest absolute Gasteiger partial charge is 0.489 e. The molecule has 0 atom stereocenters. The van der Waals surface area contributed by atoms with E-state index < -0.39 is 0 Å². The number of rotatable bonds is 4. The monoisotopic (exact) mass is 282 g/mol. The van der Waals surface area contributed by atoms with Crippen molar-refractivity contribution in [2.24, 2.45) is 0 Å². The Morgan fingerprint density at radius 2 is 1.75 bits per heavy atom. The highest BCUT2D eigenvalue weighted by molar-refractivity contribution is 7.18. The third-order valence-corrected chi connectivity index (χ3v) is 3.80. The van der Waals surface area contributed by atoms with Crippen molar-refractivity contribution in [1.29, 1.82) is 0 Å². The molecular weight excluding hydrogens is 268 g/mol. The number of anilines is 1. The Morgan fingerprint density at radius 1 is 1.00 bits per heavy atom. The number of benzene rings is 2. The summed E-state index contributed by atoms with van der Waals surface area (Å²) in [5.41, 5.74) is 7.96. The quantitative estimate of drug-likeness (QED) is 0.787. The number of thiazole rings is 1. The SMILES string of the molecule is Nc1ncc(-c2ccccc2COc2ccccc2)s1. The predicted octanol–water partition coefficient (Wildman–Crippen LogP) is 3.97. The van der Waals surface area contributed by atoms with Gasteiger partial charge in [0, 0.05) is 6.20 Å². The fourth-order valence-corrected chi connectivity index (χ4v) is 2.72. The Bertz CT molecular complexity index is 694. The molecule has 100 valence electrons. The van der Waals surface area contributed by atoms with E-state index in [1.54, 1.807) is 6.20 Å². The molecule has 1 heterocycles. The molecule has 4 heteroatoms. The van der Waals surface area contributed by atoms with E-state index in [0.717, 1.165) is 21.8 Å². The number of para-hydroxylation sites is 1. The van der Waals surface area contributed by atoms with Crippen molar-refractivity contribution in [1.82, 2.24) is 4.98 Å². The minimum absolute atomic E-state index is 0.526. The van der Waals surface area contributed by atoms with Crippen LogP contribution in [0, 0.1) is 0 Å². The smallest absolute Gasteiger partial charge is 0.180 e. The maximum atomic E-state index is 5.81. The third kappa shape index (κ3) is 2.81. The van der Waals surface area contributed by atoms with Crippen molar-refractivity contribution in [2.75, 3.05) is 5.73 Å². The molecule has 0 saturated heterocycles. The van der Waals surface area contributed by atoms with Gasteiger partial charge in [0.05, 0.1) is 4.88 Å². The molecule has 3 aromatic rings. The molecular formula is C16H14N2OS. The predicted molar refractivity (Wildman–Crippen MR) is 82.7 cm³/mol. The van der Waals surface area contributed by atoms with Crippen molar-refractivity contribution >= 4 is 16.5 Å². The molecule has 0 fully saturated rings. The van der Waals surface area contributed by atoms with E-state index in [9.17, 15) is 0 Å². The standard InChI is InChI=1S/C16H14N2OS/c17-16-18-10-15(20-16)14-9-5-4-6-12(14)11-19-13-7-2-1-3-8-13/h1-10H,11H2,(H2,17,18). The molecule has 0 aliphatic heterocycles. The third-order valence-electron chi connectivity index (χ3n) is 2.94. The lowest BCUT2D eigenvalue weighted by Gasteiger charge is -2.09. The van der Waals surface area contributed by atoms with Crippen LogP contribution in [0.15, 0.2) is 60.8 Å². The van der Waals surface area contributed by atoms with Crippen molar-refractivity contribution in [3.05, 3.63) is 66.4 Å². The maximum Gasteiger partial charge on any atom is 0.180 e. The van der Waals surface area contributed by atoms with Crippen LogP contribution in [0.4, 0.5) is 5.13 Å². The first-order valence-electron chi connectivity index (χ1n) is 6.30. The van der Waals surface area contributed by atoms with Crippen LogP contribution in [0.25, 0.3) is 10.4 Å². The summed E-state index contributed by atoms with van der Waals surface area (Å²) in [5, 5.41) is 0.582. The highest BCUT2D eigenvalue weighted by Gasteiger charge is 2.08. The van der Waals surface area contributed by atoms with Gasteiger partial charge in [-0.1, -0.05) is 53.8 Å². The minimum Gasteiger partial charge on any atom is -0.489 e. The Hall–Kier alpha value is -2.33. The van der Waals surface area contributed by atoms with Gasteiger partial charge < -0.3 is 10.5 Å². The number of hydrogen-bond acceptors (Lipinski definition) is 4. The van der Waals surface area contributed by atoms with Gasteiger partial charge in [-0.3, -0.25) is 0 Å². The van der Waals surface area contributed by atoms with Gasteiger partial charge in [0.2, 0.25) is 0 Å². The van der Waals surface area contributed by atoms with Gasteiger partial charge >= 0.3 is 0 Å². The van der Waals surface area contributed by atoms with E-state index in [2.05, 4.69) is 17.1 Å². The molecule has 0 spiro atoms. The Labute approximate surface area is 121 Å². The van der Waals surface area contributed by atoms with Crippen LogP contribution in [0.2, 0.25) is 0 Å². The first-order valence-corrected chi connectivity index (χ1v) is 7.12. The van der Waals surface area contributed by atoms with Crippen molar-refractivity contribution in [2.45, 2.75) is 6.61 Å². The zero-order chi connectivity index (χ0) is 13.8. The average Bonchev–Trinajstić information content (AvgIpc) is 2.93. The van der Waals surface area contributed by atoms with Crippen LogP contribution in [0.1, 0.15) is 5.56 Å². The Balaban J connectivity index is 1.83. The zero-order valence-electron chi connectivity index (χ0n) is 10.8. The molecule has 2 N–H and O–H groups in total. The summed E-state index contributed by atoms with van der Waals surface area (Å²) in [6.07, 6.45) is 1.81. The second-order valence-electron chi connectivity index (χ2n) is 4.32. The van der Waals surface area contributed by atoms with Gasteiger partial charge in [0.1, 0.15) is 12.4 Å². The summed E-state index contributed by atoms with van der Waals surface area (Å²) in [7, 11) is 0. The van der Waals surface area contributed by atoms with E-state index in [1.807, 2.05) is 42.5 Å². The number of aromatic nitrogens is 1. The zero-order valence-corrected chi connectivity index (χ0v) is 11.6. The average molecular weight is 282 g/mol. The summed E-state index contributed by atoms with van der Waals surface area (Å²) in [4.78, 5) is 5.17. The van der Waals surface area contributed by atoms with E-state index in [0.29, 0.717) is 11.7 Å². The fraction of sp³-hybridized carbons (Fsp3) is 0.0625. The first kappa shape index (κ1) is 12.7. The van der Waals surface area contributed by atoms with E-state index in [4.69, 9.17) is 10.5 Å². The van der Waals surface area contributed by atoms with Crippen LogP contribution in [-0.4, -0.2) is 4.98 Å². The lowest BCUT2D eigenvalue weighted by molar-refractivity contribution is 0.307. The lowest BCUT2D eigenvalue weighted by Crippen LogP contribution is -1.97. The normalized spacial score (nSPS) is 10.4. The summed E-state index contributed by atoms with van der Waals surface area (Å²) in [5.74, 6) is 0.867. The topological polar surface area (TPSA) is 48.1 Å². The summed E-state index contributed by atoms with van der Waals surface area (Å²) in [6, 6.07) is 18.0. The summed E-state index contributed by atoms with van der Waals surface area (Å²) < 4.78 is 5.81. The molecule has 2 aromatic carbocycles. The van der Waals surface area contributed by atoms with Crippen LogP contribution in [-0.2, 0) is 6.61 Å². The highest BCUT2D eigenvalue weighted by atomic mass is 32.1. The van der Waals surface area contributed by atoms with Gasteiger partial charge in [-0.25, -0.2) is 4.98 Å². The molecule has 20 heavy (non-hydrogen) atoms. The van der Waals surface area contributed by atoms with Gasteiger partial charge in [0.15, 0.2) is 5.13 Å². The number of nitrogens with zero attached hydrogens (tertiary/aromatic N) is 1. The summed E-state index contributed by atoms with van der Waals surface area (Å²) in [6.45, 7) is 0.526. The van der Waals surface area contributed by atoms with Crippen molar-refractivity contribution < 1.29 is 4.74 Å². The van der Waals surface area contributed by atoms with Crippen LogP contribution in [0.5, 0.6) is 5.75 Å². The van der Waals surface area contributed by atoms with Gasteiger partial charge in [-0.15, -0.1) is 0 Å². The second kappa shape index (κ2) is 5.75. The first-order chi connectivity index (χ1) is 9.83.